The lowest BCUT2D eigenvalue weighted by molar-refractivity contribution is -0.378. The van der Waals surface area contributed by atoms with E-state index < -0.39 is 0 Å². The highest BCUT2D eigenvalue weighted by atomic mass is 16.7. The van der Waals surface area contributed by atoms with Crippen LogP contribution in [0.4, 0.5) is 0 Å². The van der Waals surface area contributed by atoms with Crippen molar-refractivity contribution in [3.63, 3.8) is 0 Å². The number of carbonyl (C=O) groups is 1. The van der Waals surface area contributed by atoms with Crippen LogP contribution in [0.25, 0.3) is 6.08 Å². The third kappa shape index (κ3) is 3.39. The van der Waals surface area contributed by atoms with Gasteiger partial charge >= 0.3 is 0 Å². The number of hydrogen-bond acceptors (Lipinski definition) is 3. The minimum atomic E-state index is -0.138. The van der Waals surface area contributed by atoms with Crippen LogP contribution >= 0.6 is 0 Å². The standard InChI is InChI=1S/C16H14N2O3/c19-16(18-10-13-5-7-17-8-6-13)4-2-12-1-3-14-15(9-12)21-11-20-14/h1-9H,10-11H2,(H,18,19)/p+1. The first kappa shape index (κ1) is 13.2. The average molecular weight is 283 g/mol. The lowest BCUT2D eigenvalue weighted by Gasteiger charge is -2.01. The number of aromatic nitrogens is 1. The Morgan fingerprint density at radius 3 is 2.86 bits per heavy atom. The van der Waals surface area contributed by atoms with Crippen molar-refractivity contribution in [1.82, 2.24) is 5.32 Å². The number of pyridine rings is 1. The van der Waals surface area contributed by atoms with Crippen LogP contribution in [0, 0.1) is 0 Å². The number of aromatic amines is 1. The van der Waals surface area contributed by atoms with Crippen LogP contribution in [0.5, 0.6) is 11.5 Å². The summed E-state index contributed by atoms with van der Waals surface area (Å²) < 4.78 is 10.5. The van der Waals surface area contributed by atoms with Gasteiger partial charge in [0.2, 0.25) is 12.7 Å². The highest BCUT2D eigenvalue weighted by molar-refractivity contribution is 5.91. The van der Waals surface area contributed by atoms with E-state index in [1.807, 2.05) is 42.7 Å². The molecule has 0 atom stereocenters. The molecule has 0 saturated carbocycles. The quantitative estimate of drug-likeness (QED) is 0.866. The highest BCUT2D eigenvalue weighted by Crippen LogP contribution is 2.32. The fourth-order valence-electron chi connectivity index (χ4n) is 1.98. The Hall–Kier alpha value is -2.82. The third-order valence-corrected chi connectivity index (χ3v) is 3.08. The van der Waals surface area contributed by atoms with E-state index in [1.165, 1.54) is 6.08 Å². The van der Waals surface area contributed by atoms with Gasteiger partial charge in [0.1, 0.15) is 0 Å². The minimum Gasteiger partial charge on any atom is -0.454 e. The number of benzene rings is 1. The molecular weight excluding hydrogens is 268 g/mol. The fourth-order valence-corrected chi connectivity index (χ4v) is 1.98. The zero-order valence-corrected chi connectivity index (χ0v) is 11.3. The molecule has 0 unspecified atom stereocenters. The predicted octanol–water partition coefficient (Wildman–Crippen LogP) is 1.56. The topological polar surface area (TPSA) is 61.7 Å². The van der Waals surface area contributed by atoms with E-state index in [9.17, 15) is 4.79 Å². The average Bonchev–Trinajstić information content (AvgIpc) is 2.99. The monoisotopic (exact) mass is 283 g/mol. The van der Waals surface area contributed by atoms with Gasteiger partial charge in [-0.25, -0.2) is 4.98 Å². The number of amides is 1. The molecule has 2 heterocycles. The maximum atomic E-state index is 11.8. The molecule has 1 amide bonds. The van der Waals surface area contributed by atoms with Gasteiger partial charge in [0.15, 0.2) is 23.9 Å². The first-order valence-corrected chi connectivity index (χ1v) is 6.62. The van der Waals surface area contributed by atoms with Gasteiger partial charge in [-0.3, -0.25) is 4.79 Å². The van der Waals surface area contributed by atoms with E-state index in [2.05, 4.69) is 10.3 Å². The first-order chi connectivity index (χ1) is 10.3. The highest BCUT2D eigenvalue weighted by Gasteiger charge is 2.12. The molecule has 1 aliphatic rings. The number of fused-ring (bicyclic) bond motifs is 1. The van der Waals surface area contributed by atoms with E-state index >= 15 is 0 Å². The van der Waals surface area contributed by atoms with Gasteiger partial charge in [0, 0.05) is 24.8 Å². The maximum absolute atomic E-state index is 11.8. The molecule has 0 radical (unpaired) electrons. The summed E-state index contributed by atoms with van der Waals surface area (Å²) in [6, 6.07) is 9.40. The molecule has 5 nitrogen and oxygen atoms in total. The van der Waals surface area contributed by atoms with Gasteiger partial charge in [-0.15, -0.1) is 0 Å². The summed E-state index contributed by atoms with van der Waals surface area (Å²) in [4.78, 5) is 14.7. The smallest absolute Gasteiger partial charge is 0.244 e. The van der Waals surface area contributed by atoms with Crippen LogP contribution in [0.2, 0.25) is 0 Å². The molecule has 1 aromatic heterocycles. The number of hydrogen-bond donors (Lipinski definition) is 1. The van der Waals surface area contributed by atoms with Crippen molar-refractivity contribution in [1.29, 1.82) is 0 Å². The van der Waals surface area contributed by atoms with Gasteiger partial charge in [0.05, 0.1) is 0 Å². The molecule has 106 valence electrons. The second-order valence-electron chi connectivity index (χ2n) is 4.57. The van der Waals surface area contributed by atoms with Crippen LogP contribution in [0.15, 0.2) is 48.8 Å². The van der Waals surface area contributed by atoms with Crippen molar-refractivity contribution in [2.45, 2.75) is 6.54 Å². The summed E-state index contributed by atoms with van der Waals surface area (Å²) in [6.07, 6.45) is 6.90. The molecule has 0 spiro atoms. The van der Waals surface area contributed by atoms with E-state index in [0.717, 1.165) is 16.9 Å². The van der Waals surface area contributed by atoms with E-state index in [-0.39, 0.29) is 12.7 Å². The Bertz CT molecular complexity index is 668. The maximum Gasteiger partial charge on any atom is 0.244 e. The van der Waals surface area contributed by atoms with Crippen molar-refractivity contribution in [3.8, 4) is 11.5 Å². The molecular formula is C16H15N2O3+. The molecule has 5 heteroatoms. The van der Waals surface area contributed by atoms with Crippen LogP contribution in [-0.4, -0.2) is 12.7 Å². The van der Waals surface area contributed by atoms with Gasteiger partial charge in [-0.1, -0.05) is 6.07 Å². The first-order valence-electron chi connectivity index (χ1n) is 6.62. The molecule has 1 aromatic carbocycles. The molecule has 2 aromatic rings. The van der Waals surface area contributed by atoms with E-state index in [4.69, 9.17) is 9.47 Å². The Morgan fingerprint density at radius 2 is 2.00 bits per heavy atom. The lowest BCUT2D eigenvalue weighted by atomic mass is 10.2. The molecule has 0 bridgehead atoms. The summed E-state index contributed by atoms with van der Waals surface area (Å²) >= 11 is 0. The fraction of sp³-hybridized carbons (Fsp3) is 0.125. The molecule has 21 heavy (non-hydrogen) atoms. The Balaban J connectivity index is 1.57. The number of rotatable bonds is 4. The SMILES string of the molecule is O=C(C=Cc1ccc2c(c1)OCO2)NCc1cc[nH+]cc1. The second-order valence-corrected chi connectivity index (χ2v) is 4.57. The van der Waals surface area contributed by atoms with Crippen LogP contribution in [-0.2, 0) is 11.3 Å². The summed E-state index contributed by atoms with van der Waals surface area (Å²) in [7, 11) is 0. The summed E-state index contributed by atoms with van der Waals surface area (Å²) in [5.74, 6) is 1.30. The number of nitrogens with one attached hydrogen (secondary N) is 2. The second kappa shape index (κ2) is 6.09. The van der Waals surface area contributed by atoms with Crippen LogP contribution in [0.1, 0.15) is 11.1 Å². The number of H-pyrrole nitrogens is 1. The molecule has 0 saturated heterocycles. The van der Waals surface area contributed by atoms with Crippen LogP contribution in [0.3, 0.4) is 0 Å². The normalized spacial score (nSPS) is 12.6. The number of carbonyl (C=O) groups excluding carboxylic acids is 1. The molecule has 0 aliphatic carbocycles. The molecule has 0 fully saturated rings. The Morgan fingerprint density at radius 1 is 1.19 bits per heavy atom. The van der Waals surface area contributed by atoms with Crippen molar-refractivity contribution < 1.29 is 19.3 Å². The summed E-state index contributed by atoms with van der Waals surface area (Å²) in [5, 5.41) is 2.83. The summed E-state index contributed by atoms with van der Waals surface area (Å²) in [5.41, 5.74) is 1.93. The van der Waals surface area contributed by atoms with Gasteiger partial charge < -0.3 is 14.8 Å². The van der Waals surface area contributed by atoms with Crippen molar-refractivity contribution in [2.24, 2.45) is 0 Å². The molecule has 2 N–H and O–H groups in total. The Labute approximate surface area is 122 Å². The third-order valence-electron chi connectivity index (χ3n) is 3.08. The predicted molar refractivity (Wildman–Crippen MR) is 76.4 cm³/mol. The zero-order valence-electron chi connectivity index (χ0n) is 11.3. The van der Waals surface area contributed by atoms with Gasteiger partial charge in [0.25, 0.3) is 0 Å². The Kier molecular flexibility index (Phi) is 3.82. The lowest BCUT2D eigenvalue weighted by Crippen LogP contribution is -2.20. The van der Waals surface area contributed by atoms with Crippen LogP contribution < -0.4 is 19.8 Å². The summed E-state index contributed by atoms with van der Waals surface area (Å²) in [6.45, 7) is 0.747. The van der Waals surface area contributed by atoms with E-state index in [0.29, 0.717) is 12.3 Å². The van der Waals surface area contributed by atoms with Gasteiger partial charge in [-0.05, 0) is 29.3 Å². The minimum absolute atomic E-state index is 0.138. The number of ether oxygens (including phenoxy) is 2. The van der Waals surface area contributed by atoms with Crippen molar-refractivity contribution in [2.75, 3.05) is 6.79 Å². The molecule has 3 rings (SSSR count). The van der Waals surface area contributed by atoms with Crippen molar-refractivity contribution in [3.05, 3.63) is 59.9 Å². The molecule has 1 aliphatic heterocycles. The largest absolute Gasteiger partial charge is 0.454 e. The van der Waals surface area contributed by atoms with Gasteiger partial charge in [-0.2, -0.15) is 0 Å². The zero-order chi connectivity index (χ0) is 14.5. The van der Waals surface area contributed by atoms with Crippen molar-refractivity contribution >= 4 is 12.0 Å². The van der Waals surface area contributed by atoms with E-state index in [1.54, 1.807) is 6.08 Å².